The van der Waals surface area contributed by atoms with Gasteiger partial charge in [0.1, 0.15) is 45.8 Å². The first kappa shape index (κ1) is 55.0. The van der Waals surface area contributed by atoms with Crippen LogP contribution in [0.2, 0.25) is 0 Å². The van der Waals surface area contributed by atoms with Crippen molar-refractivity contribution < 1.29 is 100 Å². The lowest BCUT2D eigenvalue weighted by atomic mass is 10.1. The zero-order valence-electron chi connectivity index (χ0n) is 35.5. The molecule has 6 rings (SSSR count). The fraction of sp³-hybridized carbons (Fsp3) is 0.0909. The van der Waals surface area contributed by atoms with E-state index in [1.54, 1.807) is 0 Å². The summed E-state index contributed by atoms with van der Waals surface area (Å²) in [6.07, 6.45) is -9.89. The lowest BCUT2D eigenvalue weighted by Crippen LogP contribution is -2.18. The zero-order chi connectivity index (χ0) is 53.1. The molecule has 27 heteroatoms. The van der Waals surface area contributed by atoms with Crippen LogP contribution in [-0.4, -0.2) is 49.9 Å². The molecule has 0 saturated heterocycles. The van der Waals surface area contributed by atoms with Crippen molar-refractivity contribution in [3.05, 3.63) is 154 Å². The number of methoxy groups -OCH3 is 2. The van der Waals surface area contributed by atoms with Crippen LogP contribution in [0.5, 0.6) is 46.0 Å². The molecule has 0 saturated carbocycles. The highest BCUT2D eigenvalue weighted by Gasteiger charge is 2.33. The van der Waals surface area contributed by atoms with Crippen molar-refractivity contribution in [3.63, 3.8) is 0 Å². The van der Waals surface area contributed by atoms with E-state index >= 15 is 0 Å². The monoisotopic (exact) mass is 1040 g/mol. The van der Waals surface area contributed by atoms with Crippen molar-refractivity contribution in [3.8, 4) is 46.0 Å². The number of primary amides is 2. The Morgan fingerprint density at radius 2 is 0.901 bits per heavy atom. The fourth-order valence-electron chi connectivity index (χ4n) is 5.44. The number of hydrogen-bond acceptors (Lipinski definition) is 11. The Balaban J connectivity index is 0.000000263. The van der Waals surface area contributed by atoms with Crippen LogP contribution >= 0.6 is 11.6 Å². The molecule has 6 aromatic carbocycles. The van der Waals surface area contributed by atoms with Crippen molar-refractivity contribution >= 4 is 45.9 Å². The third kappa shape index (κ3) is 15.2. The molecule has 0 aromatic heterocycles. The molecule has 0 fully saturated rings. The number of carbonyl (C=O) groups is 4. The molecule has 0 heterocycles. The molecular weight excluding hydrogens is 1010 g/mol. The first-order chi connectivity index (χ1) is 33.1. The lowest BCUT2D eigenvalue weighted by molar-refractivity contribution is -0.275. The van der Waals surface area contributed by atoms with Crippen molar-refractivity contribution in [1.82, 2.24) is 0 Å². The van der Waals surface area contributed by atoms with Gasteiger partial charge in [0, 0.05) is 23.5 Å². The van der Waals surface area contributed by atoms with Gasteiger partial charge in [-0.05, 0) is 96.5 Å². The van der Waals surface area contributed by atoms with Crippen molar-refractivity contribution in [2.45, 2.75) is 12.7 Å². The average molecular weight is 1040 g/mol. The number of halogens is 13. The summed E-state index contributed by atoms with van der Waals surface area (Å²) in [5.41, 5.74) is 12.8. The number of alkyl halides is 6. The van der Waals surface area contributed by atoms with Crippen LogP contribution in [0.15, 0.2) is 97.1 Å². The summed E-state index contributed by atoms with van der Waals surface area (Å²) in [6.45, 7) is 0. The van der Waals surface area contributed by atoms with E-state index < -0.39 is 110 Å². The zero-order valence-corrected chi connectivity index (χ0v) is 36.2. The van der Waals surface area contributed by atoms with Gasteiger partial charge in [0.05, 0.1) is 25.3 Å². The summed E-state index contributed by atoms with van der Waals surface area (Å²) in [4.78, 5) is 45.8. The highest BCUT2D eigenvalue weighted by atomic mass is 35.5. The summed E-state index contributed by atoms with van der Waals surface area (Å²) in [6, 6.07) is 15.1. The van der Waals surface area contributed by atoms with E-state index in [4.69, 9.17) is 47.7 Å². The Labute approximate surface area is 395 Å². The van der Waals surface area contributed by atoms with Crippen molar-refractivity contribution in [1.29, 1.82) is 0 Å². The molecule has 7 N–H and O–H groups in total. The smallest absolute Gasteiger partial charge is 0.493 e. The van der Waals surface area contributed by atoms with Gasteiger partial charge in [-0.25, -0.2) is 26.3 Å². The predicted molar refractivity (Wildman–Crippen MR) is 225 cm³/mol. The number of rotatable bonds is 13. The quantitative estimate of drug-likeness (QED) is 0.0485. The number of benzene rings is 6. The number of amides is 3. The number of nitrogens with one attached hydrogen (secondary N) is 1. The molecule has 3 amide bonds. The van der Waals surface area contributed by atoms with Gasteiger partial charge in [-0.2, -0.15) is 0 Å². The maximum absolute atomic E-state index is 14.6. The molecule has 0 atom stereocenters. The van der Waals surface area contributed by atoms with Crippen molar-refractivity contribution in [2.24, 2.45) is 11.5 Å². The molecule has 0 radical (unpaired) electrons. The SMILES string of the molecule is COc1cc(OC(F)(F)F)ccc1Oc1ccc(F)c(F)c1C(=O)Cl.COc1cc(OC(F)(F)F)ccc1Oc1ccc(F)c(F)c1C(=O)Nc1ccc(F)c(C(N)=O)c1.NC(=O)c1cc(N)ccc1F. The minimum absolute atomic E-state index is 0.175. The number of anilines is 2. The summed E-state index contributed by atoms with van der Waals surface area (Å²) in [7, 11) is 2.24. The first-order valence-corrected chi connectivity index (χ1v) is 19.1. The minimum Gasteiger partial charge on any atom is -0.493 e. The van der Waals surface area contributed by atoms with Gasteiger partial charge in [-0.3, -0.25) is 19.2 Å². The maximum Gasteiger partial charge on any atom is 0.573 e. The van der Waals surface area contributed by atoms with E-state index in [9.17, 15) is 71.9 Å². The maximum atomic E-state index is 14.6. The molecule has 0 aliphatic carbocycles. The van der Waals surface area contributed by atoms with E-state index in [2.05, 4.69) is 14.8 Å². The van der Waals surface area contributed by atoms with Gasteiger partial charge in [0.2, 0.25) is 0 Å². The van der Waals surface area contributed by atoms with Crippen LogP contribution in [0.1, 0.15) is 41.4 Å². The topological polar surface area (TPSA) is 214 Å². The van der Waals surface area contributed by atoms with Gasteiger partial charge in [0.25, 0.3) is 23.0 Å². The molecule has 71 heavy (non-hydrogen) atoms. The van der Waals surface area contributed by atoms with E-state index in [0.29, 0.717) is 17.8 Å². The molecule has 0 unspecified atom stereocenters. The Hall–Kier alpha value is -8.55. The standard InChI is InChI=1S/C22H14F6N2O5.C15H8ClF5O4.C7H7FN2O/c1-33-17-9-11(35-22(26,27)28)3-6-15(17)34-16-7-5-14(24)19(25)18(16)21(32)30-10-2-4-13(23)12(8-10)20(29)31;1-23-11-6-7(25-15(19,20)21)2-4-9(11)24-10-5-3-8(17)13(18)12(10)14(16)22;8-6-2-1-4(9)3-5(6)7(10)11/h2-9H,1H3,(H2,29,31)(H,30,32);2-6H,1H3;1-3H,9H2,(H2,10,11). The second-order valence-corrected chi connectivity index (χ2v) is 13.6. The molecule has 6 aromatic rings. The number of nitrogens with two attached hydrogens (primary N) is 3. The Morgan fingerprint density at radius 3 is 1.31 bits per heavy atom. The Bertz CT molecular complexity index is 2980. The average Bonchev–Trinajstić information content (AvgIpc) is 3.27. The summed E-state index contributed by atoms with van der Waals surface area (Å²) in [5, 5.41) is 0.845. The number of carbonyl (C=O) groups excluding carboxylic acids is 4. The van der Waals surface area contributed by atoms with Crippen molar-refractivity contribution in [2.75, 3.05) is 25.3 Å². The highest BCUT2D eigenvalue weighted by molar-refractivity contribution is 6.68. The lowest BCUT2D eigenvalue weighted by Gasteiger charge is -2.16. The summed E-state index contributed by atoms with van der Waals surface area (Å²) < 4.78 is 184. The fourth-order valence-corrected chi connectivity index (χ4v) is 5.62. The van der Waals surface area contributed by atoms with Gasteiger partial charge in [-0.15, -0.1) is 26.3 Å². The van der Waals surface area contributed by atoms with Crippen LogP contribution in [0, 0.1) is 34.9 Å². The van der Waals surface area contributed by atoms with E-state index in [0.717, 1.165) is 87.0 Å². The number of ether oxygens (including phenoxy) is 6. The normalized spacial score (nSPS) is 10.9. The third-order valence-electron chi connectivity index (χ3n) is 8.46. The largest absolute Gasteiger partial charge is 0.573 e. The molecule has 0 aliphatic rings. The van der Waals surface area contributed by atoms with Gasteiger partial charge in [0.15, 0.2) is 46.3 Å². The second kappa shape index (κ2) is 23.2. The van der Waals surface area contributed by atoms with Crippen LogP contribution < -0.4 is 50.9 Å². The second-order valence-electron chi connectivity index (χ2n) is 13.3. The molecule has 0 aliphatic heterocycles. The van der Waals surface area contributed by atoms with E-state index in [-0.39, 0.29) is 34.2 Å². The molecule has 376 valence electrons. The molecule has 0 spiro atoms. The van der Waals surface area contributed by atoms with Crippen LogP contribution in [0.4, 0.5) is 64.1 Å². The van der Waals surface area contributed by atoms with Gasteiger partial charge < -0.3 is 50.9 Å². The Kier molecular flexibility index (Phi) is 18.0. The Morgan fingerprint density at radius 1 is 0.507 bits per heavy atom. The van der Waals surface area contributed by atoms with Crippen LogP contribution in [0.25, 0.3) is 0 Å². The molecule has 14 nitrogen and oxygen atoms in total. The van der Waals surface area contributed by atoms with Gasteiger partial charge >= 0.3 is 12.7 Å². The number of nitrogen functional groups attached to an aromatic ring is 1. The van der Waals surface area contributed by atoms with E-state index in [1.165, 1.54) is 12.1 Å². The van der Waals surface area contributed by atoms with E-state index in [1.807, 2.05) is 0 Å². The molecule has 0 bridgehead atoms. The van der Waals surface area contributed by atoms with Crippen LogP contribution in [-0.2, 0) is 0 Å². The minimum atomic E-state index is -4.98. The third-order valence-corrected chi connectivity index (χ3v) is 8.65. The summed E-state index contributed by atoms with van der Waals surface area (Å²) in [5.74, 6) is -13.8. The first-order valence-electron chi connectivity index (χ1n) is 18.8. The van der Waals surface area contributed by atoms with Crippen LogP contribution in [0.3, 0.4) is 0 Å². The predicted octanol–water partition coefficient (Wildman–Crippen LogP) is 10.7. The number of hydrogen-bond donors (Lipinski definition) is 4. The van der Waals surface area contributed by atoms with Gasteiger partial charge in [-0.1, -0.05) is 0 Å². The molecular formula is C44H29ClF12N4O10. The highest BCUT2D eigenvalue weighted by Crippen LogP contribution is 2.40. The summed E-state index contributed by atoms with van der Waals surface area (Å²) >= 11 is 5.22.